The number of aromatic nitrogens is 1. The van der Waals surface area contributed by atoms with Crippen LogP contribution < -0.4 is 4.90 Å². The van der Waals surface area contributed by atoms with Gasteiger partial charge in [0.05, 0.1) is 11.7 Å². The third-order valence-electron chi connectivity index (χ3n) is 4.18. The highest BCUT2D eigenvalue weighted by atomic mass is 19.4. The van der Waals surface area contributed by atoms with Crippen LogP contribution in [-0.4, -0.2) is 29.3 Å². The van der Waals surface area contributed by atoms with Gasteiger partial charge in [-0.25, -0.2) is 4.98 Å². The molecule has 0 aromatic carbocycles. The van der Waals surface area contributed by atoms with E-state index < -0.39 is 11.7 Å². The summed E-state index contributed by atoms with van der Waals surface area (Å²) in [6.45, 7) is 1.35. The van der Waals surface area contributed by atoms with Crippen LogP contribution in [-0.2, 0) is 6.18 Å². The summed E-state index contributed by atoms with van der Waals surface area (Å²) in [5.41, 5.74) is -0.726. The standard InChI is InChI=1S/C13H15F3N2O/c14-13(15,16)10-3-4-11(17-5-10)18-6-8-1-2-9(7-18)12(8)19/h3-5,8-9,12,19H,1-2,6-7H2/t8-,9+,12+. The van der Waals surface area contributed by atoms with E-state index >= 15 is 0 Å². The highest BCUT2D eigenvalue weighted by Crippen LogP contribution is 2.38. The fourth-order valence-electron chi connectivity index (χ4n) is 3.12. The van der Waals surface area contributed by atoms with Crippen molar-refractivity contribution in [1.29, 1.82) is 0 Å². The van der Waals surface area contributed by atoms with Gasteiger partial charge in [0.15, 0.2) is 0 Å². The van der Waals surface area contributed by atoms with Gasteiger partial charge in [-0.05, 0) is 25.0 Å². The molecule has 6 heteroatoms. The Bertz CT molecular complexity index is 446. The highest BCUT2D eigenvalue weighted by molar-refractivity contribution is 5.41. The van der Waals surface area contributed by atoms with E-state index in [-0.39, 0.29) is 17.9 Å². The van der Waals surface area contributed by atoms with Crippen molar-refractivity contribution < 1.29 is 18.3 Å². The van der Waals surface area contributed by atoms with Crippen LogP contribution in [0.15, 0.2) is 18.3 Å². The summed E-state index contributed by atoms with van der Waals surface area (Å²) in [7, 11) is 0. The minimum Gasteiger partial charge on any atom is -0.392 e. The smallest absolute Gasteiger partial charge is 0.392 e. The molecule has 0 spiro atoms. The number of anilines is 1. The van der Waals surface area contributed by atoms with Gasteiger partial charge in [0.25, 0.3) is 0 Å². The van der Waals surface area contributed by atoms with Crippen LogP contribution in [0.25, 0.3) is 0 Å². The Hall–Kier alpha value is -1.30. The van der Waals surface area contributed by atoms with Crippen molar-refractivity contribution in [2.75, 3.05) is 18.0 Å². The minimum absolute atomic E-state index is 0.225. The lowest BCUT2D eigenvalue weighted by molar-refractivity contribution is -0.137. The molecule has 1 aromatic heterocycles. The molecule has 1 saturated heterocycles. The van der Waals surface area contributed by atoms with Crippen LogP contribution in [0.4, 0.5) is 19.0 Å². The first-order valence-electron chi connectivity index (χ1n) is 6.41. The van der Waals surface area contributed by atoms with E-state index in [0.29, 0.717) is 18.9 Å². The van der Waals surface area contributed by atoms with Crippen molar-refractivity contribution in [2.24, 2.45) is 11.8 Å². The third kappa shape index (κ3) is 2.29. The number of hydrogen-bond acceptors (Lipinski definition) is 3. The van der Waals surface area contributed by atoms with Crippen molar-refractivity contribution >= 4 is 5.82 Å². The molecule has 3 atom stereocenters. The molecule has 0 unspecified atom stereocenters. The van der Waals surface area contributed by atoms with Crippen molar-refractivity contribution in [2.45, 2.75) is 25.1 Å². The minimum atomic E-state index is -4.34. The summed E-state index contributed by atoms with van der Waals surface area (Å²) in [5, 5.41) is 9.93. The quantitative estimate of drug-likeness (QED) is 0.852. The molecule has 2 bridgehead atoms. The number of alkyl halides is 3. The highest BCUT2D eigenvalue weighted by Gasteiger charge is 2.41. The number of fused-ring (bicyclic) bond motifs is 2. The molecule has 0 amide bonds. The number of halogens is 3. The second-order valence-corrected chi connectivity index (χ2v) is 5.40. The van der Waals surface area contributed by atoms with Gasteiger partial charge in [0.1, 0.15) is 5.82 Å². The molecule has 19 heavy (non-hydrogen) atoms. The second-order valence-electron chi connectivity index (χ2n) is 5.40. The van der Waals surface area contributed by atoms with Crippen molar-refractivity contribution in [3.63, 3.8) is 0 Å². The number of rotatable bonds is 1. The monoisotopic (exact) mass is 272 g/mol. The molecule has 2 fully saturated rings. The molecule has 3 rings (SSSR count). The lowest BCUT2D eigenvalue weighted by Crippen LogP contribution is -2.45. The Kier molecular flexibility index (Phi) is 2.92. The number of pyridine rings is 1. The van der Waals surface area contributed by atoms with Crippen LogP contribution in [0.3, 0.4) is 0 Å². The third-order valence-corrected chi connectivity index (χ3v) is 4.18. The van der Waals surface area contributed by atoms with Gasteiger partial charge in [-0.3, -0.25) is 0 Å². The van der Waals surface area contributed by atoms with Gasteiger partial charge in [-0.1, -0.05) is 0 Å². The first kappa shape index (κ1) is 12.7. The molecule has 2 aliphatic rings. The summed E-state index contributed by atoms with van der Waals surface area (Å²) in [5.74, 6) is 1.02. The Morgan fingerprint density at radius 3 is 2.26 bits per heavy atom. The summed E-state index contributed by atoms with van der Waals surface area (Å²) in [6, 6.07) is 2.48. The van der Waals surface area contributed by atoms with E-state index in [1.54, 1.807) is 0 Å². The molecule has 1 aliphatic heterocycles. The summed E-state index contributed by atoms with van der Waals surface area (Å²) < 4.78 is 37.4. The molecule has 1 aliphatic carbocycles. The molecular formula is C13H15F3N2O. The number of aliphatic hydroxyl groups excluding tert-OH is 1. The van der Waals surface area contributed by atoms with Crippen LogP contribution in [0.5, 0.6) is 0 Å². The molecule has 1 N–H and O–H groups in total. The summed E-state index contributed by atoms with van der Waals surface area (Å²) >= 11 is 0. The normalized spacial score (nSPS) is 30.7. The van der Waals surface area contributed by atoms with E-state index in [1.807, 2.05) is 4.90 Å². The predicted octanol–water partition coefficient (Wildman–Crippen LogP) is 2.31. The van der Waals surface area contributed by atoms with Crippen LogP contribution in [0, 0.1) is 11.8 Å². The fraction of sp³-hybridized carbons (Fsp3) is 0.615. The van der Waals surface area contributed by atoms with Crippen molar-refractivity contribution in [3.05, 3.63) is 23.9 Å². The lowest BCUT2D eigenvalue weighted by atomic mass is 9.95. The average Bonchev–Trinajstić information content (AvgIpc) is 2.61. The number of piperidine rings is 1. The molecular weight excluding hydrogens is 257 g/mol. The van der Waals surface area contributed by atoms with Gasteiger partial charge in [-0.2, -0.15) is 13.2 Å². The predicted molar refractivity (Wildman–Crippen MR) is 63.7 cm³/mol. The van der Waals surface area contributed by atoms with Crippen molar-refractivity contribution in [1.82, 2.24) is 4.98 Å². The Morgan fingerprint density at radius 2 is 1.79 bits per heavy atom. The first-order chi connectivity index (χ1) is 8.95. The van der Waals surface area contributed by atoms with Gasteiger partial charge in [0, 0.05) is 31.1 Å². The first-order valence-corrected chi connectivity index (χ1v) is 6.41. The van der Waals surface area contributed by atoms with Gasteiger partial charge in [0.2, 0.25) is 0 Å². The zero-order chi connectivity index (χ0) is 13.6. The lowest BCUT2D eigenvalue weighted by Gasteiger charge is -2.36. The molecule has 1 saturated carbocycles. The molecule has 2 heterocycles. The van der Waals surface area contributed by atoms with E-state index in [4.69, 9.17) is 0 Å². The zero-order valence-corrected chi connectivity index (χ0v) is 10.3. The maximum absolute atomic E-state index is 12.5. The van der Waals surface area contributed by atoms with E-state index in [9.17, 15) is 18.3 Å². The maximum Gasteiger partial charge on any atom is 0.417 e. The van der Waals surface area contributed by atoms with Gasteiger partial charge >= 0.3 is 6.18 Å². The van der Waals surface area contributed by atoms with E-state index in [0.717, 1.165) is 25.1 Å². The van der Waals surface area contributed by atoms with Gasteiger partial charge in [-0.15, -0.1) is 0 Å². The van der Waals surface area contributed by atoms with Crippen LogP contribution in [0.1, 0.15) is 18.4 Å². The fourth-order valence-corrected chi connectivity index (χ4v) is 3.12. The Morgan fingerprint density at radius 1 is 1.16 bits per heavy atom. The van der Waals surface area contributed by atoms with Crippen molar-refractivity contribution in [3.8, 4) is 0 Å². The van der Waals surface area contributed by atoms with Gasteiger partial charge < -0.3 is 10.0 Å². The average molecular weight is 272 g/mol. The molecule has 1 aromatic rings. The largest absolute Gasteiger partial charge is 0.417 e. The van der Waals surface area contributed by atoms with Crippen LogP contribution in [0.2, 0.25) is 0 Å². The Balaban J connectivity index is 1.77. The number of aliphatic hydroxyl groups is 1. The summed E-state index contributed by atoms with van der Waals surface area (Å²) in [4.78, 5) is 5.90. The Labute approximate surface area is 109 Å². The van der Waals surface area contributed by atoms with Crippen LogP contribution >= 0.6 is 0 Å². The second kappa shape index (κ2) is 4.37. The van der Waals surface area contributed by atoms with E-state index in [1.165, 1.54) is 6.07 Å². The summed E-state index contributed by atoms with van der Waals surface area (Å²) in [6.07, 6.45) is -1.75. The maximum atomic E-state index is 12.5. The SMILES string of the molecule is O[C@H]1[C@@H]2CC[C@H]1CN(c1ccc(C(F)(F)F)cn1)C2. The van der Waals surface area contributed by atoms with E-state index in [2.05, 4.69) is 4.98 Å². The number of hydrogen-bond donors (Lipinski definition) is 1. The molecule has 0 radical (unpaired) electrons. The molecule has 104 valence electrons. The topological polar surface area (TPSA) is 36.4 Å². The number of nitrogens with zero attached hydrogens (tertiary/aromatic N) is 2. The zero-order valence-electron chi connectivity index (χ0n) is 10.3. The molecule has 3 nitrogen and oxygen atoms in total.